The summed E-state index contributed by atoms with van der Waals surface area (Å²) in [5, 5.41) is 19.0. The molecule has 2 bridgehead atoms. The molecule has 0 aliphatic heterocycles. The first-order chi connectivity index (χ1) is 13.6. The summed E-state index contributed by atoms with van der Waals surface area (Å²) < 4.78 is 87.7. The monoisotopic (exact) mass is 448 g/mol. The molecule has 0 heterocycles. The number of fused-ring (bicyclic) bond motifs is 2. The summed E-state index contributed by atoms with van der Waals surface area (Å²) >= 11 is 0. The van der Waals surface area contributed by atoms with Gasteiger partial charge in [0.2, 0.25) is 0 Å². The SMILES string of the molecule is CC(O)(CCCOC(OCCCC(C)(O)C(F)(F)F)C1CC2C=CC1C2)C(F)(F)F. The lowest BCUT2D eigenvalue weighted by Crippen LogP contribution is -2.42. The Hall–Kier alpha value is -0.840. The van der Waals surface area contributed by atoms with Crippen molar-refractivity contribution in [3.8, 4) is 0 Å². The Balaban J connectivity index is 1.84. The number of aliphatic hydroxyl groups is 2. The van der Waals surface area contributed by atoms with E-state index in [1.807, 2.05) is 6.08 Å². The van der Waals surface area contributed by atoms with Crippen LogP contribution in [0.5, 0.6) is 0 Å². The van der Waals surface area contributed by atoms with Crippen LogP contribution in [0.15, 0.2) is 12.2 Å². The fourth-order valence-electron chi connectivity index (χ4n) is 3.95. The highest BCUT2D eigenvalue weighted by molar-refractivity contribution is 5.10. The van der Waals surface area contributed by atoms with E-state index < -0.39 is 42.7 Å². The van der Waals surface area contributed by atoms with Crippen LogP contribution in [0.25, 0.3) is 0 Å². The Morgan fingerprint density at radius 1 is 0.833 bits per heavy atom. The third-order valence-corrected chi connectivity index (χ3v) is 6.08. The van der Waals surface area contributed by atoms with Crippen LogP contribution in [-0.4, -0.2) is 53.3 Å². The molecule has 2 aliphatic carbocycles. The first-order valence-corrected chi connectivity index (χ1v) is 10.1. The first-order valence-electron chi connectivity index (χ1n) is 10.1. The zero-order chi connectivity index (χ0) is 22.8. The molecule has 176 valence electrons. The number of hydrogen-bond donors (Lipinski definition) is 2. The fraction of sp³-hybridized carbons (Fsp3) is 0.900. The lowest BCUT2D eigenvalue weighted by atomic mass is 9.93. The van der Waals surface area contributed by atoms with E-state index in [2.05, 4.69) is 6.08 Å². The normalized spacial score (nSPS) is 29.1. The molecule has 10 heteroatoms. The minimum atomic E-state index is -4.74. The molecule has 0 aromatic rings. The van der Waals surface area contributed by atoms with Gasteiger partial charge >= 0.3 is 12.4 Å². The Bertz CT molecular complexity index is 551. The van der Waals surface area contributed by atoms with Crippen LogP contribution >= 0.6 is 0 Å². The second-order valence-corrected chi connectivity index (χ2v) is 8.80. The zero-order valence-electron chi connectivity index (χ0n) is 17.1. The molecule has 0 aromatic heterocycles. The van der Waals surface area contributed by atoms with Crippen molar-refractivity contribution < 1.29 is 46.0 Å². The number of hydrogen-bond acceptors (Lipinski definition) is 4. The van der Waals surface area contributed by atoms with Crippen LogP contribution in [-0.2, 0) is 9.47 Å². The van der Waals surface area contributed by atoms with E-state index in [4.69, 9.17) is 9.47 Å². The van der Waals surface area contributed by atoms with Crippen LogP contribution in [0.1, 0.15) is 52.4 Å². The van der Waals surface area contributed by atoms with E-state index in [1.165, 1.54) is 0 Å². The average Bonchev–Trinajstić information content (AvgIpc) is 3.21. The fourth-order valence-corrected chi connectivity index (χ4v) is 3.95. The van der Waals surface area contributed by atoms with Crippen LogP contribution < -0.4 is 0 Å². The third-order valence-electron chi connectivity index (χ3n) is 6.08. The average molecular weight is 448 g/mol. The van der Waals surface area contributed by atoms with Gasteiger partial charge in [0.05, 0.1) is 0 Å². The highest BCUT2D eigenvalue weighted by Gasteiger charge is 2.50. The van der Waals surface area contributed by atoms with Crippen molar-refractivity contribution in [2.24, 2.45) is 17.8 Å². The molecule has 2 rings (SSSR count). The van der Waals surface area contributed by atoms with E-state index in [1.54, 1.807) is 0 Å². The summed E-state index contributed by atoms with van der Waals surface area (Å²) in [5.41, 5.74) is -5.63. The molecule has 5 atom stereocenters. The molecule has 4 nitrogen and oxygen atoms in total. The molecule has 0 amide bonds. The number of ether oxygens (including phenoxy) is 2. The molecule has 0 spiro atoms. The van der Waals surface area contributed by atoms with Gasteiger partial charge in [-0.25, -0.2) is 0 Å². The summed E-state index contributed by atoms with van der Waals surface area (Å²) in [5.74, 6) is 0.564. The van der Waals surface area contributed by atoms with E-state index in [0.29, 0.717) is 19.8 Å². The smallest absolute Gasteiger partial charge is 0.381 e. The molecule has 1 fully saturated rings. The standard InChI is InChI=1S/C20H30F6O4/c1-17(27,19(21,22)23)7-3-9-29-16(15-12-13-5-6-14(15)11-13)30-10-4-8-18(2,28)20(24,25)26/h5-6,13-16,27-28H,3-4,7-12H2,1-2H3. The Morgan fingerprint density at radius 3 is 1.63 bits per heavy atom. The van der Waals surface area contributed by atoms with Crippen molar-refractivity contribution >= 4 is 0 Å². The van der Waals surface area contributed by atoms with Gasteiger partial charge in [-0.15, -0.1) is 0 Å². The van der Waals surface area contributed by atoms with E-state index >= 15 is 0 Å². The van der Waals surface area contributed by atoms with Crippen molar-refractivity contribution in [1.82, 2.24) is 0 Å². The van der Waals surface area contributed by atoms with Gasteiger partial charge in [-0.3, -0.25) is 0 Å². The van der Waals surface area contributed by atoms with Gasteiger partial charge in [0.15, 0.2) is 17.5 Å². The zero-order valence-corrected chi connectivity index (χ0v) is 17.1. The maximum absolute atomic E-state index is 12.7. The largest absolute Gasteiger partial charge is 0.416 e. The van der Waals surface area contributed by atoms with E-state index in [9.17, 15) is 36.6 Å². The topological polar surface area (TPSA) is 58.9 Å². The Kier molecular flexibility index (Phi) is 7.91. The second-order valence-electron chi connectivity index (χ2n) is 8.80. The maximum atomic E-state index is 12.7. The third kappa shape index (κ3) is 6.34. The van der Waals surface area contributed by atoms with E-state index in [-0.39, 0.29) is 37.9 Å². The van der Waals surface area contributed by atoms with Gasteiger partial charge < -0.3 is 19.7 Å². The van der Waals surface area contributed by atoms with Gasteiger partial charge in [0.1, 0.15) is 0 Å². The number of alkyl halides is 6. The molecule has 0 saturated heterocycles. The molecule has 2 N–H and O–H groups in total. The van der Waals surface area contributed by atoms with Crippen LogP contribution in [0.3, 0.4) is 0 Å². The van der Waals surface area contributed by atoms with Crippen LogP contribution in [0.2, 0.25) is 0 Å². The minimum absolute atomic E-state index is 0.0220. The number of allylic oxidation sites excluding steroid dienone is 2. The molecular formula is C20H30F6O4. The minimum Gasteiger partial charge on any atom is -0.381 e. The van der Waals surface area contributed by atoms with E-state index in [0.717, 1.165) is 12.8 Å². The predicted molar refractivity (Wildman–Crippen MR) is 96.4 cm³/mol. The molecule has 0 radical (unpaired) electrons. The summed E-state index contributed by atoms with van der Waals surface area (Å²) in [4.78, 5) is 0. The summed E-state index contributed by atoms with van der Waals surface area (Å²) in [6, 6.07) is 0. The van der Waals surface area contributed by atoms with Gasteiger partial charge in [-0.1, -0.05) is 12.2 Å². The van der Waals surface area contributed by atoms with Crippen molar-refractivity contribution in [2.75, 3.05) is 13.2 Å². The van der Waals surface area contributed by atoms with Gasteiger partial charge in [0.25, 0.3) is 0 Å². The maximum Gasteiger partial charge on any atom is 0.416 e. The first kappa shape index (κ1) is 25.4. The molecule has 5 unspecified atom stereocenters. The molecular weight excluding hydrogens is 418 g/mol. The Labute approximate surface area is 172 Å². The van der Waals surface area contributed by atoms with Crippen molar-refractivity contribution in [2.45, 2.75) is 82.2 Å². The predicted octanol–water partition coefficient (Wildman–Crippen LogP) is 4.74. The van der Waals surface area contributed by atoms with Gasteiger partial charge in [-0.2, -0.15) is 26.3 Å². The number of rotatable bonds is 11. The van der Waals surface area contributed by atoms with Gasteiger partial charge in [0, 0.05) is 19.1 Å². The van der Waals surface area contributed by atoms with Crippen molar-refractivity contribution in [3.05, 3.63) is 12.2 Å². The summed E-state index contributed by atoms with van der Waals surface area (Å²) in [6.07, 6.45) is -5.55. The molecule has 0 aromatic carbocycles. The van der Waals surface area contributed by atoms with Crippen molar-refractivity contribution in [1.29, 1.82) is 0 Å². The molecule has 2 aliphatic rings. The highest BCUT2D eigenvalue weighted by atomic mass is 19.4. The summed E-state index contributed by atoms with van der Waals surface area (Å²) in [6.45, 7) is 1.26. The lowest BCUT2D eigenvalue weighted by Gasteiger charge is -2.30. The number of halogens is 6. The van der Waals surface area contributed by atoms with Crippen molar-refractivity contribution in [3.63, 3.8) is 0 Å². The second kappa shape index (κ2) is 9.34. The highest BCUT2D eigenvalue weighted by Crippen LogP contribution is 2.46. The summed E-state index contributed by atoms with van der Waals surface area (Å²) in [7, 11) is 0. The quantitative estimate of drug-likeness (QED) is 0.207. The molecule has 30 heavy (non-hydrogen) atoms. The molecule has 1 saturated carbocycles. The van der Waals surface area contributed by atoms with Crippen LogP contribution in [0, 0.1) is 17.8 Å². The van der Waals surface area contributed by atoms with Crippen LogP contribution in [0.4, 0.5) is 26.3 Å². The van der Waals surface area contributed by atoms with Gasteiger partial charge in [-0.05, 0) is 64.2 Å². The Morgan fingerprint density at radius 2 is 1.30 bits per heavy atom. The lowest BCUT2D eigenvalue weighted by molar-refractivity contribution is -0.258.